The van der Waals surface area contributed by atoms with Crippen LogP contribution in [0.5, 0.6) is 0 Å². The molecular formula is C15H32IN3O3S2. The number of nitrogens with one attached hydrogen (secondary N) is 2. The smallest absolute Gasteiger partial charge is 0.191 e. The zero-order valence-electron chi connectivity index (χ0n) is 14.9. The summed E-state index contributed by atoms with van der Waals surface area (Å²) in [7, 11) is -3.66. The fourth-order valence-electron chi connectivity index (χ4n) is 2.78. The van der Waals surface area contributed by atoms with E-state index in [1.807, 2.05) is 13.8 Å². The SMILES string of the molecule is CCNC(=NCCCS(C)(=O)=O)NC1CCCC(S(=O)CC)C1.I. The molecule has 0 amide bonds. The van der Waals surface area contributed by atoms with Gasteiger partial charge in [-0.25, -0.2) is 8.42 Å². The molecule has 1 aliphatic carbocycles. The molecule has 0 saturated heterocycles. The second-order valence-electron chi connectivity index (χ2n) is 6.04. The van der Waals surface area contributed by atoms with Crippen molar-refractivity contribution in [1.29, 1.82) is 0 Å². The summed E-state index contributed by atoms with van der Waals surface area (Å²) < 4.78 is 34.3. The van der Waals surface area contributed by atoms with E-state index in [1.54, 1.807) is 0 Å². The molecule has 3 atom stereocenters. The van der Waals surface area contributed by atoms with Crippen LogP contribution in [-0.4, -0.2) is 60.7 Å². The fraction of sp³-hybridized carbons (Fsp3) is 0.933. The first-order valence-electron chi connectivity index (χ1n) is 8.45. The van der Waals surface area contributed by atoms with Gasteiger partial charge < -0.3 is 10.6 Å². The quantitative estimate of drug-likeness (QED) is 0.233. The molecule has 0 radical (unpaired) electrons. The molecule has 0 aromatic carbocycles. The van der Waals surface area contributed by atoms with Crippen LogP contribution < -0.4 is 10.6 Å². The lowest BCUT2D eigenvalue weighted by atomic mass is 9.95. The largest absolute Gasteiger partial charge is 0.357 e. The van der Waals surface area contributed by atoms with Gasteiger partial charge in [0.1, 0.15) is 9.84 Å². The predicted molar refractivity (Wildman–Crippen MR) is 114 cm³/mol. The van der Waals surface area contributed by atoms with Crippen LogP contribution in [0.2, 0.25) is 0 Å². The molecule has 3 unspecified atom stereocenters. The Morgan fingerprint density at radius 1 is 1.29 bits per heavy atom. The molecular weight excluding hydrogens is 461 g/mol. The highest BCUT2D eigenvalue weighted by atomic mass is 127. The van der Waals surface area contributed by atoms with Crippen LogP contribution in [-0.2, 0) is 20.6 Å². The fourth-order valence-corrected chi connectivity index (χ4v) is 4.78. The first kappa shape index (κ1) is 24.1. The maximum atomic E-state index is 12.0. The molecule has 0 aromatic heterocycles. The molecule has 144 valence electrons. The topological polar surface area (TPSA) is 87.6 Å². The zero-order chi connectivity index (χ0) is 17.3. The van der Waals surface area contributed by atoms with Crippen LogP contribution in [0.3, 0.4) is 0 Å². The molecule has 1 aliphatic rings. The highest BCUT2D eigenvalue weighted by Gasteiger charge is 2.25. The van der Waals surface area contributed by atoms with E-state index in [0.717, 1.165) is 43.9 Å². The summed E-state index contributed by atoms with van der Waals surface area (Å²) in [4.78, 5) is 4.45. The zero-order valence-corrected chi connectivity index (χ0v) is 18.9. The summed E-state index contributed by atoms with van der Waals surface area (Å²) in [6.45, 7) is 5.22. The number of rotatable bonds is 8. The summed E-state index contributed by atoms with van der Waals surface area (Å²) in [6, 6.07) is 0.289. The monoisotopic (exact) mass is 493 g/mol. The number of aliphatic imine (C=N–C) groups is 1. The van der Waals surface area contributed by atoms with Gasteiger partial charge in [0.25, 0.3) is 0 Å². The van der Waals surface area contributed by atoms with E-state index in [4.69, 9.17) is 0 Å². The summed E-state index contributed by atoms with van der Waals surface area (Å²) >= 11 is 0. The summed E-state index contributed by atoms with van der Waals surface area (Å²) in [5.41, 5.74) is 0. The minimum absolute atomic E-state index is 0. The van der Waals surface area contributed by atoms with E-state index in [-0.39, 0.29) is 41.0 Å². The Balaban J connectivity index is 0.00000529. The molecule has 0 aromatic rings. The molecule has 1 fully saturated rings. The van der Waals surface area contributed by atoms with Crippen molar-refractivity contribution < 1.29 is 12.6 Å². The second-order valence-corrected chi connectivity index (χ2v) is 10.3. The van der Waals surface area contributed by atoms with E-state index in [2.05, 4.69) is 15.6 Å². The molecule has 0 heterocycles. The molecule has 24 heavy (non-hydrogen) atoms. The molecule has 6 nitrogen and oxygen atoms in total. The van der Waals surface area contributed by atoms with Crippen LogP contribution in [0.25, 0.3) is 0 Å². The van der Waals surface area contributed by atoms with Gasteiger partial charge in [0.2, 0.25) is 0 Å². The Labute approximate surface area is 166 Å². The highest BCUT2D eigenvalue weighted by molar-refractivity contribution is 14.0. The Morgan fingerprint density at radius 2 is 2.00 bits per heavy atom. The van der Waals surface area contributed by atoms with Crippen LogP contribution in [0, 0.1) is 0 Å². The van der Waals surface area contributed by atoms with E-state index in [9.17, 15) is 12.6 Å². The Kier molecular flexibility index (Phi) is 12.5. The molecule has 0 aliphatic heterocycles. The number of hydrogen-bond donors (Lipinski definition) is 2. The average molecular weight is 493 g/mol. The maximum Gasteiger partial charge on any atom is 0.191 e. The molecule has 0 bridgehead atoms. The first-order valence-corrected chi connectivity index (χ1v) is 11.9. The Hall–Kier alpha value is 0.1000. The third-order valence-electron chi connectivity index (χ3n) is 3.91. The number of halogens is 1. The molecule has 2 N–H and O–H groups in total. The number of sulfone groups is 1. The number of nitrogens with zero attached hydrogens (tertiary/aromatic N) is 1. The van der Waals surface area contributed by atoms with Crippen molar-refractivity contribution in [3.05, 3.63) is 0 Å². The molecule has 1 saturated carbocycles. The maximum absolute atomic E-state index is 12.0. The summed E-state index contributed by atoms with van der Waals surface area (Å²) in [5.74, 6) is 1.61. The lowest BCUT2D eigenvalue weighted by molar-refractivity contribution is 0.413. The predicted octanol–water partition coefficient (Wildman–Crippen LogP) is 1.67. The van der Waals surface area contributed by atoms with Crippen molar-refractivity contribution >= 4 is 50.6 Å². The molecule has 1 rings (SSSR count). The minimum Gasteiger partial charge on any atom is -0.357 e. The van der Waals surface area contributed by atoms with Gasteiger partial charge in [-0.05, 0) is 32.6 Å². The third-order valence-corrected chi connectivity index (χ3v) is 6.68. The van der Waals surface area contributed by atoms with Crippen LogP contribution >= 0.6 is 24.0 Å². The van der Waals surface area contributed by atoms with Crippen molar-refractivity contribution in [1.82, 2.24) is 10.6 Å². The normalized spacial score (nSPS) is 23.2. The summed E-state index contributed by atoms with van der Waals surface area (Å²) in [5, 5.41) is 6.89. The lowest BCUT2D eigenvalue weighted by Gasteiger charge is -2.30. The van der Waals surface area contributed by atoms with E-state index in [1.165, 1.54) is 6.26 Å². The van der Waals surface area contributed by atoms with E-state index >= 15 is 0 Å². The van der Waals surface area contributed by atoms with E-state index < -0.39 is 20.6 Å². The van der Waals surface area contributed by atoms with Gasteiger partial charge in [-0.15, -0.1) is 24.0 Å². The van der Waals surface area contributed by atoms with Crippen LogP contribution in [0.4, 0.5) is 0 Å². The number of hydrogen-bond acceptors (Lipinski definition) is 4. The van der Waals surface area contributed by atoms with Crippen LogP contribution in [0.15, 0.2) is 4.99 Å². The van der Waals surface area contributed by atoms with Gasteiger partial charge in [0.15, 0.2) is 5.96 Å². The van der Waals surface area contributed by atoms with Gasteiger partial charge >= 0.3 is 0 Å². The van der Waals surface area contributed by atoms with Crippen molar-refractivity contribution in [3.63, 3.8) is 0 Å². The molecule has 9 heteroatoms. The van der Waals surface area contributed by atoms with Gasteiger partial charge in [-0.1, -0.05) is 13.3 Å². The van der Waals surface area contributed by atoms with Gasteiger partial charge in [-0.2, -0.15) is 0 Å². The Bertz CT molecular complexity index is 512. The number of guanidine groups is 1. The summed E-state index contributed by atoms with van der Waals surface area (Å²) in [6.07, 6.45) is 5.88. The Morgan fingerprint density at radius 3 is 2.58 bits per heavy atom. The molecule has 0 spiro atoms. The van der Waals surface area contributed by atoms with Crippen molar-refractivity contribution in [2.75, 3.05) is 30.9 Å². The van der Waals surface area contributed by atoms with Crippen molar-refractivity contribution in [2.45, 2.75) is 57.2 Å². The van der Waals surface area contributed by atoms with Gasteiger partial charge in [-0.3, -0.25) is 9.20 Å². The second kappa shape index (κ2) is 12.5. The van der Waals surface area contributed by atoms with Crippen LogP contribution in [0.1, 0.15) is 46.0 Å². The third kappa shape index (κ3) is 10.2. The van der Waals surface area contributed by atoms with Gasteiger partial charge in [0, 0.05) is 47.2 Å². The van der Waals surface area contributed by atoms with Crippen molar-refractivity contribution in [2.24, 2.45) is 4.99 Å². The van der Waals surface area contributed by atoms with Gasteiger partial charge in [0.05, 0.1) is 5.75 Å². The van der Waals surface area contributed by atoms with Crippen molar-refractivity contribution in [3.8, 4) is 0 Å². The minimum atomic E-state index is -2.93. The van der Waals surface area contributed by atoms with E-state index in [0.29, 0.717) is 13.0 Å². The highest BCUT2D eigenvalue weighted by Crippen LogP contribution is 2.22. The standard InChI is InChI=1S/C15H31N3O3S2.HI/c1-4-16-15(17-10-7-11-23(3,20)21)18-13-8-6-9-14(12-13)22(19)5-2;/h13-14H,4-12H2,1-3H3,(H2,16,17,18);1H. The first-order chi connectivity index (χ1) is 10.9. The average Bonchev–Trinajstić information content (AvgIpc) is 2.50. The lowest BCUT2D eigenvalue weighted by Crippen LogP contribution is -2.46.